The van der Waals surface area contributed by atoms with Gasteiger partial charge in [0.25, 0.3) is 0 Å². The van der Waals surface area contributed by atoms with Gasteiger partial charge in [0.2, 0.25) is 0 Å². The summed E-state index contributed by atoms with van der Waals surface area (Å²) in [5.74, 6) is 0.215. The summed E-state index contributed by atoms with van der Waals surface area (Å²) in [5, 5.41) is 4.97. The van der Waals surface area contributed by atoms with Crippen molar-refractivity contribution in [3.05, 3.63) is 57.8 Å². The van der Waals surface area contributed by atoms with Gasteiger partial charge in [0.15, 0.2) is 0 Å². The molecule has 3 atom stereocenters. The predicted octanol–water partition coefficient (Wildman–Crippen LogP) is 5.97. The number of hydrogen-bond donors (Lipinski definition) is 1. The Bertz CT molecular complexity index is 800. The number of amides is 1. The van der Waals surface area contributed by atoms with Crippen LogP contribution in [-0.2, 0) is 27.1 Å². The van der Waals surface area contributed by atoms with Gasteiger partial charge in [0, 0.05) is 38.0 Å². The maximum atomic E-state index is 11.9. The van der Waals surface area contributed by atoms with Gasteiger partial charge in [-0.3, -0.25) is 0 Å². The summed E-state index contributed by atoms with van der Waals surface area (Å²) in [6.07, 6.45) is 3.30. The van der Waals surface area contributed by atoms with E-state index >= 15 is 0 Å². The zero-order valence-corrected chi connectivity index (χ0v) is 21.2. The molecule has 0 aliphatic carbocycles. The third-order valence-electron chi connectivity index (χ3n) is 5.47. The van der Waals surface area contributed by atoms with Crippen LogP contribution in [0.1, 0.15) is 62.5 Å². The van der Waals surface area contributed by atoms with Crippen molar-refractivity contribution in [3.8, 4) is 0 Å². The highest BCUT2D eigenvalue weighted by Crippen LogP contribution is 2.33. The molecule has 0 spiro atoms. The topological polar surface area (TPSA) is 56.8 Å². The van der Waals surface area contributed by atoms with E-state index in [-0.39, 0.29) is 24.2 Å². The second-order valence-corrected chi connectivity index (χ2v) is 10.2. The van der Waals surface area contributed by atoms with E-state index in [0.717, 1.165) is 25.7 Å². The van der Waals surface area contributed by atoms with Crippen LogP contribution in [0.25, 0.3) is 0 Å². The quantitative estimate of drug-likeness (QED) is 0.396. The van der Waals surface area contributed by atoms with Crippen LogP contribution < -0.4 is 5.32 Å². The minimum atomic E-state index is -0.486. The maximum Gasteiger partial charge on any atom is 0.407 e. The van der Waals surface area contributed by atoms with Gasteiger partial charge in [-0.2, -0.15) is 0 Å². The highest BCUT2D eigenvalue weighted by atomic mass is 32.1. The summed E-state index contributed by atoms with van der Waals surface area (Å²) >= 11 is 1.77. The fourth-order valence-corrected chi connectivity index (χ4v) is 4.61. The monoisotopic (exact) mass is 461 g/mol. The molecule has 0 aliphatic heterocycles. The van der Waals surface area contributed by atoms with E-state index < -0.39 is 5.60 Å². The lowest BCUT2D eigenvalue weighted by Crippen LogP contribution is -2.33. The molecule has 0 aliphatic rings. The van der Waals surface area contributed by atoms with E-state index in [4.69, 9.17) is 14.2 Å². The second-order valence-electron chi connectivity index (χ2n) is 9.18. The lowest BCUT2D eigenvalue weighted by Gasteiger charge is -2.30. The first-order valence-corrected chi connectivity index (χ1v) is 12.2. The molecule has 32 heavy (non-hydrogen) atoms. The summed E-state index contributed by atoms with van der Waals surface area (Å²) in [5.41, 5.74) is 2.11. The van der Waals surface area contributed by atoms with Gasteiger partial charge in [-0.1, -0.05) is 30.3 Å². The van der Waals surface area contributed by atoms with Crippen molar-refractivity contribution in [3.63, 3.8) is 0 Å². The molecule has 1 heterocycles. The average molecular weight is 462 g/mol. The number of thiophene rings is 1. The molecule has 6 heteroatoms. The van der Waals surface area contributed by atoms with E-state index in [1.165, 1.54) is 16.0 Å². The second kappa shape index (κ2) is 13.0. The molecule has 1 N–H and O–H groups in total. The molecule has 1 aromatic heterocycles. The van der Waals surface area contributed by atoms with E-state index in [2.05, 4.69) is 54.0 Å². The number of rotatable bonds is 12. The first-order chi connectivity index (χ1) is 15.2. The van der Waals surface area contributed by atoms with Crippen molar-refractivity contribution >= 4 is 17.4 Å². The summed E-state index contributed by atoms with van der Waals surface area (Å²) in [6, 6.07) is 12.8. The van der Waals surface area contributed by atoms with Crippen LogP contribution in [-0.4, -0.2) is 44.7 Å². The van der Waals surface area contributed by atoms with Crippen molar-refractivity contribution in [1.82, 2.24) is 5.32 Å². The first-order valence-electron chi connectivity index (χ1n) is 11.4. The standard InChI is InChI=1S/C26H39NO4S/c1-19(29-5)17-23(24(30-6)18-21-13-10-16-32-21)22-14-8-7-11-20(22)12-9-15-27-25(28)31-26(2,3)4/h7-8,10-11,13-14,16,19,23-24H,9,12,15,17-18H2,1-6H3,(H,27,28). The smallest absolute Gasteiger partial charge is 0.407 e. The number of nitrogens with one attached hydrogen (secondary N) is 1. The van der Waals surface area contributed by atoms with Crippen LogP contribution in [0.2, 0.25) is 0 Å². The Morgan fingerprint density at radius 2 is 1.84 bits per heavy atom. The van der Waals surface area contributed by atoms with E-state index in [1.807, 2.05) is 20.8 Å². The molecule has 2 aromatic rings. The van der Waals surface area contributed by atoms with Crippen LogP contribution in [0.15, 0.2) is 41.8 Å². The molecule has 0 saturated heterocycles. The molecule has 2 rings (SSSR count). The number of carbonyl (C=O) groups excluding carboxylic acids is 1. The third kappa shape index (κ3) is 8.93. The fraction of sp³-hybridized carbons (Fsp3) is 0.577. The van der Waals surface area contributed by atoms with Gasteiger partial charge < -0.3 is 19.5 Å². The lowest BCUT2D eigenvalue weighted by atomic mass is 9.83. The molecule has 3 unspecified atom stereocenters. The summed E-state index contributed by atoms with van der Waals surface area (Å²) in [7, 11) is 3.56. The van der Waals surface area contributed by atoms with E-state index in [0.29, 0.717) is 6.54 Å². The Balaban J connectivity index is 2.11. The number of ether oxygens (including phenoxy) is 3. The summed E-state index contributed by atoms with van der Waals surface area (Å²) < 4.78 is 17.0. The van der Waals surface area contributed by atoms with E-state index in [1.54, 1.807) is 25.6 Å². The van der Waals surface area contributed by atoms with Crippen molar-refractivity contribution in [2.75, 3.05) is 20.8 Å². The molecule has 0 radical (unpaired) electrons. The number of aryl methyl sites for hydroxylation is 1. The number of alkyl carbamates (subject to hydrolysis) is 1. The van der Waals surface area contributed by atoms with Crippen molar-refractivity contribution in [2.24, 2.45) is 0 Å². The van der Waals surface area contributed by atoms with Crippen molar-refractivity contribution in [1.29, 1.82) is 0 Å². The van der Waals surface area contributed by atoms with Gasteiger partial charge in [-0.05, 0) is 69.5 Å². The van der Waals surface area contributed by atoms with Gasteiger partial charge >= 0.3 is 6.09 Å². The number of hydrogen-bond acceptors (Lipinski definition) is 5. The molecule has 0 fully saturated rings. The Hall–Kier alpha value is -1.89. The highest BCUT2D eigenvalue weighted by Gasteiger charge is 2.27. The van der Waals surface area contributed by atoms with Gasteiger partial charge in [-0.15, -0.1) is 11.3 Å². The van der Waals surface area contributed by atoms with Crippen LogP contribution in [0.4, 0.5) is 4.79 Å². The zero-order chi connectivity index (χ0) is 23.6. The SMILES string of the molecule is COC(C)CC(c1ccccc1CCCNC(=O)OC(C)(C)C)C(Cc1cccs1)OC. The zero-order valence-electron chi connectivity index (χ0n) is 20.4. The highest BCUT2D eigenvalue weighted by molar-refractivity contribution is 7.09. The summed E-state index contributed by atoms with van der Waals surface area (Å²) in [6.45, 7) is 8.29. The molecule has 0 saturated carbocycles. The Labute approximate surface area is 197 Å². The molecule has 178 valence electrons. The molecular weight excluding hydrogens is 422 g/mol. The fourth-order valence-electron chi connectivity index (χ4n) is 3.86. The van der Waals surface area contributed by atoms with Crippen molar-refractivity contribution in [2.45, 2.75) is 77.1 Å². The normalized spacial score (nSPS) is 14.6. The third-order valence-corrected chi connectivity index (χ3v) is 6.37. The van der Waals surface area contributed by atoms with Crippen LogP contribution in [0, 0.1) is 0 Å². The lowest BCUT2D eigenvalue weighted by molar-refractivity contribution is 0.0445. The molecule has 5 nitrogen and oxygen atoms in total. The Kier molecular flexibility index (Phi) is 10.7. The first kappa shape index (κ1) is 26.4. The largest absolute Gasteiger partial charge is 0.444 e. The Morgan fingerprint density at radius 3 is 2.47 bits per heavy atom. The van der Waals surface area contributed by atoms with Gasteiger partial charge in [0.05, 0.1) is 12.2 Å². The number of methoxy groups -OCH3 is 2. The Morgan fingerprint density at radius 1 is 1.09 bits per heavy atom. The van der Waals surface area contributed by atoms with Gasteiger partial charge in [0.1, 0.15) is 5.60 Å². The predicted molar refractivity (Wildman–Crippen MR) is 132 cm³/mol. The summed E-state index contributed by atoms with van der Waals surface area (Å²) in [4.78, 5) is 13.2. The van der Waals surface area contributed by atoms with Crippen LogP contribution >= 0.6 is 11.3 Å². The molecule has 1 amide bonds. The van der Waals surface area contributed by atoms with Gasteiger partial charge in [-0.25, -0.2) is 4.79 Å². The number of carbonyl (C=O) groups is 1. The minimum absolute atomic E-state index is 0.0623. The molecular formula is C26H39NO4S. The van der Waals surface area contributed by atoms with E-state index in [9.17, 15) is 4.79 Å². The van der Waals surface area contributed by atoms with Crippen LogP contribution in [0.5, 0.6) is 0 Å². The average Bonchev–Trinajstić information content (AvgIpc) is 3.26. The molecule has 0 bridgehead atoms. The maximum absolute atomic E-state index is 11.9. The van der Waals surface area contributed by atoms with Crippen LogP contribution in [0.3, 0.4) is 0 Å². The number of benzene rings is 1. The minimum Gasteiger partial charge on any atom is -0.444 e. The van der Waals surface area contributed by atoms with Crippen molar-refractivity contribution < 1.29 is 19.0 Å². The molecule has 1 aromatic carbocycles.